The molecule has 1 aromatic rings. The molecule has 4 N–H and O–H groups in total. The summed E-state index contributed by atoms with van der Waals surface area (Å²) in [7, 11) is 0. The fourth-order valence-electron chi connectivity index (χ4n) is 7.79. The summed E-state index contributed by atoms with van der Waals surface area (Å²) in [5, 5.41) is 27.2. The zero-order valence-electron chi connectivity index (χ0n) is 19.2. The monoisotopic (exact) mass is 453 g/mol. The third-order valence-corrected chi connectivity index (χ3v) is 9.18. The molecule has 1 amide bonds. The first-order valence-electron chi connectivity index (χ1n) is 12.8. The van der Waals surface area contributed by atoms with Crippen LogP contribution in [0.15, 0.2) is 12.1 Å². The molecule has 2 heterocycles. The Hall–Kier alpha value is -1.99. The van der Waals surface area contributed by atoms with Crippen LogP contribution >= 0.6 is 0 Å². The maximum Gasteiger partial charge on any atom is 0.304 e. The summed E-state index contributed by atoms with van der Waals surface area (Å²) < 4.78 is 0. The summed E-state index contributed by atoms with van der Waals surface area (Å²) in [6.07, 6.45) is 8.61. The lowest BCUT2D eigenvalue weighted by atomic mass is 9.52. The number of carbonyl (C=O) groups is 2. The highest BCUT2D eigenvalue weighted by Crippen LogP contribution is 2.55. The van der Waals surface area contributed by atoms with E-state index < -0.39 is 17.0 Å². The Balaban J connectivity index is 1.27. The Kier molecular flexibility index (Phi) is 5.07. The maximum atomic E-state index is 13.5. The Morgan fingerprint density at radius 1 is 1.15 bits per heavy atom. The fraction of sp³-hybridized carbons (Fsp3) is 0.731. The van der Waals surface area contributed by atoms with Gasteiger partial charge in [0.25, 0.3) is 5.91 Å². The van der Waals surface area contributed by atoms with Gasteiger partial charge in [-0.2, -0.15) is 0 Å². The highest BCUT2D eigenvalue weighted by Gasteiger charge is 2.55. The number of piperidine rings is 1. The van der Waals surface area contributed by atoms with E-state index in [4.69, 9.17) is 4.98 Å². The van der Waals surface area contributed by atoms with E-state index in [-0.39, 0.29) is 18.4 Å². The molecule has 0 spiro atoms. The lowest BCUT2D eigenvalue weighted by molar-refractivity contribution is -0.138. The first kappa shape index (κ1) is 21.5. The van der Waals surface area contributed by atoms with Crippen LogP contribution in [0.1, 0.15) is 91.9 Å². The molecule has 5 saturated carbocycles. The summed E-state index contributed by atoms with van der Waals surface area (Å²) in [5.74, 6) is 0.790. The number of aromatic nitrogens is 1. The normalized spacial score (nSPS) is 39.4. The predicted octanol–water partition coefficient (Wildman–Crippen LogP) is 2.72. The molecule has 178 valence electrons. The Labute approximate surface area is 194 Å². The summed E-state index contributed by atoms with van der Waals surface area (Å²) in [6, 6.07) is 3.94. The number of amides is 1. The molecule has 6 fully saturated rings. The number of nitrogens with zero attached hydrogens (tertiary/aromatic N) is 1. The van der Waals surface area contributed by atoms with Gasteiger partial charge in [-0.15, -0.1) is 0 Å². The minimum Gasteiger partial charge on any atom is -0.481 e. The number of aliphatic carboxylic acids is 1. The maximum absolute atomic E-state index is 13.5. The van der Waals surface area contributed by atoms with E-state index in [2.05, 4.69) is 10.6 Å². The molecule has 2 unspecified atom stereocenters. The van der Waals surface area contributed by atoms with Crippen molar-refractivity contribution in [2.45, 2.75) is 87.2 Å². The molecular weight excluding hydrogens is 418 g/mol. The molecule has 4 bridgehead atoms. The zero-order chi connectivity index (χ0) is 22.8. The molecule has 1 aliphatic heterocycles. The average molecular weight is 454 g/mol. The van der Waals surface area contributed by atoms with Crippen LogP contribution in [0.3, 0.4) is 0 Å². The molecule has 7 rings (SSSR count). The smallest absolute Gasteiger partial charge is 0.304 e. The van der Waals surface area contributed by atoms with Crippen molar-refractivity contribution in [2.24, 2.45) is 17.8 Å². The molecule has 0 radical (unpaired) electrons. The predicted molar refractivity (Wildman–Crippen MR) is 122 cm³/mol. The second kappa shape index (κ2) is 7.77. The standard InChI is InChI=1S/C26H35N3O4/c30-21(31)13-25(6-1-7-27-14-25)20-5-4-19(23(28-20)16-2-3-16)24(32)29-22-17-8-15-9-18(22)12-26(33,10-15)11-17/h4-5,15-18,22,27,33H,1-3,6-14H2,(H,29,32)(H,30,31)/t15?,17?,18?,22?,25-,26?/m0/s1. The largest absolute Gasteiger partial charge is 0.481 e. The highest BCUT2D eigenvalue weighted by molar-refractivity contribution is 5.96. The van der Waals surface area contributed by atoms with Gasteiger partial charge in [-0.25, -0.2) is 0 Å². The second-order valence-corrected chi connectivity index (χ2v) is 11.7. The summed E-state index contributed by atoms with van der Waals surface area (Å²) >= 11 is 0. The quantitative estimate of drug-likeness (QED) is 0.527. The van der Waals surface area contributed by atoms with E-state index in [0.29, 0.717) is 35.8 Å². The molecule has 5 aliphatic carbocycles. The van der Waals surface area contributed by atoms with Crippen molar-refractivity contribution in [2.75, 3.05) is 13.1 Å². The highest BCUT2D eigenvalue weighted by atomic mass is 16.4. The zero-order valence-corrected chi connectivity index (χ0v) is 19.2. The lowest BCUT2D eigenvalue weighted by Crippen LogP contribution is -2.61. The van der Waals surface area contributed by atoms with Crippen LogP contribution in [0.2, 0.25) is 0 Å². The van der Waals surface area contributed by atoms with Gasteiger partial charge in [0, 0.05) is 29.6 Å². The lowest BCUT2D eigenvalue weighted by Gasteiger charge is -2.58. The van der Waals surface area contributed by atoms with Gasteiger partial charge in [0.05, 0.1) is 23.3 Å². The number of carbonyl (C=O) groups excluding carboxylic acids is 1. The topological polar surface area (TPSA) is 112 Å². The van der Waals surface area contributed by atoms with E-state index in [9.17, 15) is 19.8 Å². The molecule has 7 nitrogen and oxygen atoms in total. The molecule has 7 heteroatoms. The van der Waals surface area contributed by atoms with E-state index in [1.807, 2.05) is 12.1 Å². The Bertz CT molecular complexity index is 952. The third kappa shape index (κ3) is 3.87. The molecule has 3 atom stereocenters. The van der Waals surface area contributed by atoms with E-state index in [1.54, 1.807) is 0 Å². The number of rotatable bonds is 6. The van der Waals surface area contributed by atoms with Gasteiger partial charge in [0.2, 0.25) is 0 Å². The Morgan fingerprint density at radius 2 is 1.91 bits per heavy atom. The van der Waals surface area contributed by atoms with Crippen molar-refractivity contribution in [3.63, 3.8) is 0 Å². The van der Waals surface area contributed by atoms with Gasteiger partial charge >= 0.3 is 5.97 Å². The molecule has 33 heavy (non-hydrogen) atoms. The Morgan fingerprint density at radius 3 is 2.52 bits per heavy atom. The van der Waals surface area contributed by atoms with Crippen LogP contribution in [-0.4, -0.2) is 51.8 Å². The molecular formula is C26H35N3O4. The van der Waals surface area contributed by atoms with Crippen molar-refractivity contribution in [3.05, 3.63) is 29.1 Å². The van der Waals surface area contributed by atoms with Crippen LogP contribution in [0.5, 0.6) is 0 Å². The third-order valence-electron chi connectivity index (χ3n) is 9.18. The van der Waals surface area contributed by atoms with Crippen molar-refractivity contribution >= 4 is 11.9 Å². The number of carboxylic acid groups (broad SMARTS) is 1. The summed E-state index contributed by atoms with van der Waals surface area (Å²) in [5.41, 5.74) is 1.30. The first-order chi connectivity index (χ1) is 15.8. The van der Waals surface area contributed by atoms with Gasteiger partial charge in [0.15, 0.2) is 0 Å². The first-order valence-corrected chi connectivity index (χ1v) is 12.8. The van der Waals surface area contributed by atoms with E-state index in [1.165, 1.54) is 0 Å². The number of nitrogens with one attached hydrogen (secondary N) is 2. The van der Waals surface area contributed by atoms with Crippen molar-refractivity contribution < 1.29 is 19.8 Å². The summed E-state index contributed by atoms with van der Waals surface area (Å²) in [4.78, 5) is 30.2. The minimum atomic E-state index is -0.807. The number of hydrogen-bond acceptors (Lipinski definition) is 5. The van der Waals surface area contributed by atoms with Crippen molar-refractivity contribution in [1.82, 2.24) is 15.6 Å². The van der Waals surface area contributed by atoms with Gasteiger partial charge in [-0.1, -0.05) is 0 Å². The van der Waals surface area contributed by atoms with Gasteiger partial charge in [-0.05, 0) is 94.2 Å². The SMILES string of the molecule is O=C(O)C[C@@]1(c2ccc(C(=O)NC3C4CC5CC3CC(O)(C5)C4)c(C3CC3)n2)CCCNC1. The molecule has 6 aliphatic rings. The van der Waals surface area contributed by atoms with Crippen molar-refractivity contribution in [1.29, 1.82) is 0 Å². The van der Waals surface area contributed by atoms with Gasteiger partial charge in [-0.3, -0.25) is 14.6 Å². The van der Waals surface area contributed by atoms with E-state index in [0.717, 1.165) is 75.7 Å². The number of pyridine rings is 1. The molecule has 0 aromatic carbocycles. The van der Waals surface area contributed by atoms with E-state index >= 15 is 0 Å². The molecule has 1 aromatic heterocycles. The van der Waals surface area contributed by atoms with Crippen LogP contribution in [0.25, 0.3) is 0 Å². The average Bonchev–Trinajstić information content (AvgIpc) is 3.60. The number of aliphatic hydroxyl groups is 1. The summed E-state index contributed by atoms with van der Waals surface area (Å²) in [6.45, 7) is 1.51. The molecule has 1 saturated heterocycles. The fourth-order valence-corrected chi connectivity index (χ4v) is 7.79. The van der Waals surface area contributed by atoms with Crippen LogP contribution in [-0.2, 0) is 10.2 Å². The number of carboxylic acids is 1. The van der Waals surface area contributed by atoms with Crippen molar-refractivity contribution in [3.8, 4) is 0 Å². The number of hydrogen-bond donors (Lipinski definition) is 4. The second-order valence-electron chi connectivity index (χ2n) is 11.7. The van der Waals surface area contributed by atoms with Crippen LogP contribution < -0.4 is 10.6 Å². The van der Waals surface area contributed by atoms with Crippen LogP contribution in [0.4, 0.5) is 0 Å². The van der Waals surface area contributed by atoms with Gasteiger partial charge in [0.1, 0.15) is 0 Å². The van der Waals surface area contributed by atoms with Gasteiger partial charge < -0.3 is 20.8 Å². The van der Waals surface area contributed by atoms with Crippen LogP contribution in [0, 0.1) is 17.8 Å². The minimum absolute atomic E-state index is 0.0468.